The first-order valence-corrected chi connectivity index (χ1v) is 3.74. The topological polar surface area (TPSA) is 94.4 Å². The number of hydrogen-bond acceptors (Lipinski definition) is 3. The van der Waals surface area contributed by atoms with Crippen molar-refractivity contribution >= 4 is 40.8 Å². The molecule has 0 aliphatic carbocycles. The van der Waals surface area contributed by atoms with Crippen LogP contribution in [0.1, 0.15) is 0 Å². The van der Waals surface area contributed by atoms with Gasteiger partial charge in [-0.3, -0.25) is 5.32 Å². The summed E-state index contributed by atoms with van der Waals surface area (Å²) < 4.78 is -1.96. The summed E-state index contributed by atoms with van der Waals surface area (Å²) in [6.07, 6.45) is -0.130. The van der Waals surface area contributed by atoms with Crippen molar-refractivity contribution in [2.75, 3.05) is 0 Å². The number of aliphatic hydroxyl groups excluding tert-OH is 1. The molecule has 0 aromatic rings. The number of rotatable bonds is 1. The first kappa shape index (κ1) is 11.6. The van der Waals surface area contributed by atoms with Crippen molar-refractivity contribution in [2.24, 2.45) is 10.7 Å². The van der Waals surface area contributed by atoms with Gasteiger partial charge in [0, 0.05) is 0 Å². The molecule has 12 heavy (non-hydrogen) atoms. The summed E-state index contributed by atoms with van der Waals surface area (Å²) >= 11 is 15.7. The van der Waals surface area contributed by atoms with Crippen LogP contribution in [0.15, 0.2) is 4.99 Å². The number of nitrogens with one attached hydrogen (secondary N) is 1. The highest BCUT2D eigenvalue weighted by Gasteiger charge is 2.30. The molecule has 0 amide bonds. The molecule has 8 heteroatoms. The number of halogens is 3. The van der Waals surface area contributed by atoms with Crippen molar-refractivity contribution < 1.29 is 5.11 Å². The van der Waals surface area contributed by atoms with Crippen LogP contribution in [-0.4, -0.2) is 21.1 Å². The Balaban J connectivity index is 4.26. The molecule has 0 heterocycles. The molecule has 0 rings (SSSR count). The minimum absolute atomic E-state index is 0.323. The Hall–Kier alpha value is -0.410. The lowest BCUT2D eigenvalue weighted by molar-refractivity contribution is 0.188. The zero-order valence-corrected chi connectivity index (χ0v) is 7.90. The molecule has 0 fully saturated rings. The summed E-state index contributed by atoms with van der Waals surface area (Å²) in [6, 6.07) is 0. The molecular formula is C4H5Cl3N4O. The summed E-state index contributed by atoms with van der Waals surface area (Å²) in [7, 11) is 0. The molecule has 0 aromatic heterocycles. The first-order valence-electron chi connectivity index (χ1n) is 2.61. The van der Waals surface area contributed by atoms with Crippen molar-refractivity contribution in [3.05, 3.63) is 0 Å². The van der Waals surface area contributed by atoms with Crippen molar-refractivity contribution in [3.8, 4) is 6.19 Å². The van der Waals surface area contributed by atoms with Gasteiger partial charge in [-0.25, -0.2) is 4.99 Å². The molecule has 0 spiro atoms. The zero-order valence-electron chi connectivity index (χ0n) is 5.63. The normalized spacial score (nSPS) is 15.1. The van der Waals surface area contributed by atoms with Gasteiger partial charge in [0.2, 0.25) is 9.75 Å². The highest BCUT2D eigenvalue weighted by Crippen LogP contribution is 2.30. The molecule has 0 aliphatic rings. The Labute approximate surface area is 83.7 Å². The van der Waals surface area contributed by atoms with Crippen LogP contribution in [0, 0.1) is 11.5 Å². The van der Waals surface area contributed by atoms with E-state index in [-0.39, 0.29) is 5.96 Å². The fraction of sp³-hybridized carbons (Fsp3) is 0.500. The number of aliphatic imine (C=N–C) groups is 1. The van der Waals surface area contributed by atoms with Crippen LogP contribution in [-0.2, 0) is 0 Å². The van der Waals surface area contributed by atoms with Crippen LogP contribution in [0.25, 0.3) is 0 Å². The Morgan fingerprint density at radius 3 is 2.50 bits per heavy atom. The quantitative estimate of drug-likeness (QED) is 0.196. The van der Waals surface area contributed by atoms with Gasteiger partial charge in [0.1, 0.15) is 0 Å². The maximum atomic E-state index is 8.97. The number of nitriles is 1. The fourth-order valence-electron chi connectivity index (χ4n) is 0.294. The van der Waals surface area contributed by atoms with Gasteiger partial charge in [0.15, 0.2) is 12.4 Å². The van der Waals surface area contributed by atoms with E-state index in [2.05, 4.69) is 4.99 Å². The molecule has 68 valence electrons. The predicted octanol–water partition coefficient (Wildman–Crippen LogP) is 0.0604. The van der Waals surface area contributed by atoms with E-state index in [0.717, 1.165) is 0 Å². The lowest BCUT2D eigenvalue weighted by atomic mass is 10.6. The predicted molar refractivity (Wildman–Crippen MR) is 46.7 cm³/mol. The van der Waals surface area contributed by atoms with Crippen LogP contribution < -0.4 is 11.1 Å². The lowest BCUT2D eigenvalue weighted by Crippen LogP contribution is -2.33. The van der Waals surface area contributed by atoms with Gasteiger partial charge in [0.25, 0.3) is 0 Å². The van der Waals surface area contributed by atoms with Gasteiger partial charge >= 0.3 is 0 Å². The minimum atomic E-state index is -1.96. The number of hydrogen-bond donors (Lipinski definition) is 3. The summed E-state index contributed by atoms with van der Waals surface area (Å²) in [6.45, 7) is 0. The second-order valence-electron chi connectivity index (χ2n) is 1.67. The smallest absolute Gasteiger partial charge is 0.236 e. The molecule has 0 aliphatic heterocycles. The number of guanidine groups is 1. The van der Waals surface area contributed by atoms with Crippen molar-refractivity contribution in [1.82, 2.24) is 5.32 Å². The van der Waals surface area contributed by atoms with Gasteiger partial charge in [-0.15, -0.1) is 0 Å². The molecule has 0 saturated heterocycles. The van der Waals surface area contributed by atoms with Gasteiger partial charge in [-0.2, -0.15) is 5.26 Å². The van der Waals surface area contributed by atoms with E-state index in [1.807, 2.05) is 5.32 Å². The molecule has 0 bridgehead atoms. The summed E-state index contributed by atoms with van der Waals surface area (Å²) in [5.74, 6) is -0.323. The van der Waals surface area contributed by atoms with E-state index in [0.29, 0.717) is 0 Å². The second-order valence-corrected chi connectivity index (χ2v) is 4.04. The van der Waals surface area contributed by atoms with Gasteiger partial charge in [-0.1, -0.05) is 34.8 Å². The van der Waals surface area contributed by atoms with E-state index < -0.39 is 10.0 Å². The van der Waals surface area contributed by atoms with Crippen molar-refractivity contribution in [3.63, 3.8) is 0 Å². The lowest BCUT2D eigenvalue weighted by Gasteiger charge is -2.14. The third-order valence-electron chi connectivity index (χ3n) is 0.738. The van der Waals surface area contributed by atoms with Gasteiger partial charge < -0.3 is 10.8 Å². The third-order valence-corrected chi connectivity index (χ3v) is 1.32. The highest BCUT2D eigenvalue weighted by atomic mass is 35.6. The van der Waals surface area contributed by atoms with E-state index in [9.17, 15) is 0 Å². The Morgan fingerprint density at radius 1 is 1.67 bits per heavy atom. The molecule has 1 atom stereocenters. The number of aliphatic hydroxyl groups is 1. The standard InChI is InChI=1S/C4H5Cl3N4O/c5-4(6,7)2(12)11-3(9)10-1-8/h2,12H,(H3,9,10,11). The third kappa shape index (κ3) is 4.46. The molecule has 0 radical (unpaired) electrons. The molecule has 5 nitrogen and oxygen atoms in total. The average molecular weight is 231 g/mol. The fourth-order valence-corrected chi connectivity index (χ4v) is 0.441. The first-order chi connectivity index (χ1) is 5.38. The number of alkyl halides is 3. The average Bonchev–Trinajstić information content (AvgIpc) is 1.85. The van der Waals surface area contributed by atoms with Crippen LogP contribution in [0.2, 0.25) is 0 Å². The molecule has 4 N–H and O–H groups in total. The number of nitrogens with two attached hydrogens (primary N) is 1. The maximum Gasteiger partial charge on any atom is 0.236 e. The van der Waals surface area contributed by atoms with Crippen LogP contribution >= 0.6 is 34.8 Å². The van der Waals surface area contributed by atoms with E-state index in [1.165, 1.54) is 6.19 Å². The largest absolute Gasteiger partial charge is 0.369 e. The molecule has 1 unspecified atom stereocenters. The SMILES string of the molecule is N#CN/C(N)=N/C(O)C(Cl)(Cl)Cl. The minimum Gasteiger partial charge on any atom is -0.369 e. The maximum absolute atomic E-state index is 8.97. The van der Waals surface area contributed by atoms with Crippen molar-refractivity contribution in [2.45, 2.75) is 10.0 Å². The van der Waals surface area contributed by atoms with E-state index in [4.69, 9.17) is 50.9 Å². The summed E-state index contributed by atoms with van der Waals surface area (Å²) in [5.41, 5.74) is 5.06. The van der Waals surface area contributed by atoms with Crippen LogP contribution in [0.5, 0.6) is 0 Å². The Bertz CT molecular complexity index is 217. The van der Waals surface area contributed by atoms with Crippen LogP contribution in [0.3, 0.4) is 0 Å². The van der Waals surface area contributed by atoms with E-state index in [1.54, 1.807) is 0 Å². The second kappa shape index (κ2) is 4.58. The molecule has 0 aromatic carbocycles. The zero-order chi connectivity index (χ0) is 9.78. The van der Waals surface area contributed by atoms with Crippen molar-refractivity contribution in [1.29, 1.82) is 5.26 Å². The van der Waals surface area contributed by atoms with Gasteiger partial charge in [-0.05, 0) is 0 Å². The summed E-state index contributed by atoms with van der Waals surface area (Å²) in [4.78, 5) is 3.26. The van der Waals surface area contributed by atoms with Crippen LogP contribution in [0.4, 0.5) is 0 Å². The van der Waals surface area contributed by atoms with E-state index >= 15 is 0 Å². The Kier molecular flexibility index (Phi) is 4.42. The monoisotopic (exact) mass is 230 g/mol. The molecule has 0 saturated carbocycles. The highest BCUT2D eigenvalue weighted by molar-refractivity contribution is 6.68. The van der Waals surface area contributed by atoms with Gasteiger partial charge in [0.05, 0.1) is 0 Å². The number of nitrogens with zero attached hydrogens (tertiary/aromatic N) is 2. The summed E-state index contributed by atoms with van der Waals surface area (Å²) in [5, 5.41) is 19.0. The molecular weight excluding hydrogens is 226 g/mol. The Morgan fingerprint density at radius 2 is 2.17 bits per heavy atom.